The molecule has 0 spiro atoms. The van der Waals surface area contributed by atoms with Crippen LogP contribution < -0.4 is 14.8 Å². The van der Waals surface area contributed by atoms with E-state index in [0.29, 0.717) is 16.3 Å². The van der Waals surface area contributed by atoms with Crippen LogP contribution in [0.5, 0.6) is 11.5 Å². The van der Waals surface area contributed by atoms with E-state index in [2.05, 4.69) is 12.2 Å². The van der Waals surface area contributed by atoms with E-state index in [1.165, 1.54) is 23.0 Å². The number of esters is 1. The molecule has 3 rings (SSSR count). The lowest BCUT2D eigenvalue weighted by atomic mass is 10.1. The van der Waals surface area contributed by atoms with Crippen molar-refractivity contribution in [2.45, 2.75) is 46.6 Å². The van der Waals surface area contributed by atoms with Crippen LogP contribution in [0.15, 0.2) is 54.1 Å². The van der Waals surface area contributed by atoms with Gasteiger partial charge in [-0.25, -0.2) is 4.79 Å². The molecule has 0 aliphatic carbocycles. The number of aryl methyl sites for hydroxylation is 1. The quantitative estimate of drug-likeness (QED) is 0.167. The lowest BCUT2D eigenvalue weighted by Gasteiger charge is -2.12. The maximum absolute atomic E-state index is 13.0. The largest absolute Gasteiger partial charge is 0.496 e. The number of rotatable bonds is 11. The summed E-state index contributed by atoms with van der Waals surface area (Å²) in [6, 6.07) is 16.9. The Labute approximate surface area is 227 Å². The van der Waals surface area contributed by atoms with Gasteiger partial charge in [0.05, 0.1) is 19.3 Å². The second kappa shape index (κ2) is 13.5. The molecule has 1 heterocycles. The first-order chi connectivity index (χ1) is 18.3. The van der Waals surface area contributed by atoms with Crippen LogP contribution in [-0.4, -0.2) is 25.6 Å². The fraction of sp³-hybridized carbons (Fsp3) is 0.300. The minimum absolute atomic E-state index is 0.105. The number of ether oxygens (including phenoxy) is 3. The number of nitrogens with one attached hydrogen (secondary N) is 1. The van der Waals surface area contributed by atoms with Gasteiger partial charge in [-0.1, -0.05) is 39.0 Å². The van der Waals surface area contributed by atoms with Crippen molar-refractivity contribution in [2.75, 3.05) is 19.0 Å². The van der Waals surface area contributed by atoms with Crippen LogP contribution in [0, 0.1) is 11.3 Å². The van der Waals surface area contributed by atoms with Gasteiger partial charge >= 0.3 is 5.97 Å². The second-order valence-electron chi connectivity index (χ2n) is 8.75. The summed E-state index contributed by atoms with van der Waals surface area (Å²) >= 11 is 1.30. The summed E-state index contributed by atoms with van der Waals surface area (Å²) < 4.78 is 16.5. The molecule has 1 N–H and O–H groups in total. The first-order valence-electron chi connectivity index (χ1n) is 12.4. The Balaban J connectivity index is 1.83. The summed E-state index contributed by atoms with van der Waals surface area (Å²) in [5.41, 5.74) is 2.80. The van der Waals surface area contributed by atoms with Gasteiger partial charge in [-0.15, -0.1) is 11.3 Å². The molecule has 7 nitrogen and oxygen atoms in total. The molecule has 3 aromatic rings. The molecule has 198 valence electrons. The third-order valence-electron chi connectivity index (χ3n) is 5.75. The first kappa shape index (κ1) is 28.5. The van der Waals surface area contributed by atoms with Gasteiger partial charge in [0.25, 0.3) is 5.91 Å². The lowest BCUT2D eigenvalue weighted by molar-refractivity contribution is -0.112. The van der Waals surface area contributed by atoms with Gasteiger partial charge in [-0.3, -0.25) is 4.79 Å². The number of nitriles is 1. The van der Waals surface area contributed by atoms with Crippen molar-refractivity contribution in [3.05, 3.63) is 81.2 Å². The minimum Gasteiger partial charge on any atom is -0.496 e. The SMILES string of the molecule is CCOC(=O)c1cc(C(C)C)sc1NC(=O)C(C#N)=Cc1ccc(OC)c(COc2ccc(CC)cc2)c1. The minimum atomic E-state index is -0.611. The van der Waals surface area contributed by atoms with Crippen molar-refractivity contribution in [2.24, 2.45) is 0 Å². The monoisotopic (exact) mass is 532 g/mol. The Hall–Kier alpha value is -4.09. The third kappa shape index (κ3) is 7.24. The number of methoxy groups -OCH3 is 1. The van der Waals surface area contributed by atoms with Crippen LogP contribution in [0.4, 0.5) is 5.00 Å². The normalized spacial score (nSPS) is 11.1. The highest BCUT2D eigenvalue weighted by atomic mass is 32.1. The molecule has 0 radical (unpaired) electrons. The highest BCUT2D eigenvalue weighted by molar-refractivity contribution is 7.16. The van der Waals surface area contributed by atoms with E-state index in [0.717, 1.165) is 22.6 Å². The van der Waals surface area contributed by atoms with Gasteiger partial charge in [0.1, 0.15) is 34.7 Å². The van der Waals surface area contributed by atoms with Crippen LogP contribution >= 0.6 is 11.3 Å². The maximum Gasteiger partial charge on any atom is 0.341 e. The van der Waals surface area contributed by atoms with Crippen molar-refractivity contribution in [1.82, 2.24) is 0 Å². The van der Waals surface area contributed by atoms with Crippen LogP contribution in [0.25, 0.3) is 6.08 Å². The number of hydrogen-bond acceptors (Lipinski definition) is 7. The zero-order chi connectivity index (χ0) is 27.7. The van der Waals surface area contributed by atoms with Crippen LogP contribution in [0.1, 0.15) is 65.5 Å². The number of amides is 1. The zero-order valence-corrected chi connectivity index (χ0v) is 23.1. The predicted octanol–water partition coefficient (Wildman–Crippen LogP) is 6.74. The number of carbonyl (C=O) groups is 2. The van der Waals surface area contributed by atoms with Gasteiger partial charge in [-0.2, -0.15) is 5.26 Å². The molecule has 38 heavy (non-hydrogen) atoms. The fourth-order valence-corrected chi connectivity index (χ4v) is 4.66. The summed E-state index contributed by atoms with van der Waals surface area (Å²) in [5.74, 6) is 0.400. The topological polar surface area (TPSA) is 97.7 Å². The van der Waals surface area contributed by atoms with E-state index in [4.69, 9.17) is 14.2 Å². The maximum atomic E-state index is 13.0. The number of benzene rings is 2. The molecular formula is C30H32N2O5S. The standard InChI is InChI=1S/C30H32N2O5S/c1-6-20-8-11-24(12-9-20)37-18-23-15-21(10-13-26(23)35-5)14-22(17-31)28(33)32-29-25(30(34)36-7-2)16-27(38-29)19(3)4/h8-16,19H,6-7,18H2,1-5H3,(H,32,33). The fourth-order valence-electron chi connectivity index (χ4n) is 3.62. The highest BCUT2D eigenvalue weighted by Gasteiger charge is 2.21. The van der Waals surface area contributed by atoms with Crippen molar-refractivity contribution in [3.8, 4) is 17.6 Å². The molecule has 0 bridgehead atoms. The molecular weight excluding hydrogens is 500 g/mol. The highest BCUT2D eigenvalue weighted by Crippen LogP contribution is 2.34. The molecule has 8 heteroatoms. The van der Waals surface area contributed by atoms with E-state index in [-0.39, 0.29) is 30.3 Å². The van der Waals surface area contributed by atoms with E-state index in [9.17, 15) is 14.9 Å². The van der Waals surface area contributed by atoms with Gasteiger partial charge in [-0.05, 0) is 66.8 Å². The summed E-state index contributed by atoms with van der Waals surface area (Å²) in [6.07, 6.45) is 2.45. The van der Waals surface area contributed by atoms with Crippen molar-refractivity contribution >= 4 is 34.3 Å². The Morgan fingerprint density at radius 1 is 1.11 bits per heavy atom. The third-order valence-corrected chi connectivity index (χ3v) is 7.10. The Kier molecular flexibility index (Phi) is 10.1. The molecule has 0 saturated carbocycles. The van der Waals surface area contributed by atoms with Crippen molar-refractivity contribution in [1.29, 1.82) is 5.26 Å². The Morgan fingerprint density at radius 3 is 2.45 bits per heavy atom. The Bertz CT molecular complexity index is 1350. The van der Waals surface area contributed by atoms with Crippen LogP contribution in [0.3, 0.4) is 0 Å². The van der Waals surface area contributed by atoms with Crippen LogP contribution in [0.2, 0.25) is 0 Å². The van der Waals surface area contributed by atoms with Crippen molar-refractivity contribution in [3.63, 3.8) is 0 Å². The van der Waals surface area contributed by atoms with E-state index < -0.39 is 11.9 Å². The molecule has 2 aromatic carbocycles. The summed E-state index contributed by atoms with van der Waals surface area (Å²) in [5, 5.41) is 12.8. The lowest BCUT2D eigenvalue weighted by Crippen LogP contribution is -2.15. The molecule has 0 unspecified atom stereocenters. The van der Waals surface area contributed by atoms with Gasteiger partial charge < -0.3 is 19.5 Å². The predicted molar refractivity (Wildman–Crippen MR) is 150 cm³/mol. The van der Waals surface area contributed by atoms with Crippen LogP contribution in [-0.2, 0) is 22.6 Å². The van der Waals surface area contributed by atoms with Crippen molar-refractivity contribution < 1.29 is 23.8 Å². The van der Waals surface area contributed by atoms with Gasteiger partial charge in [0.15, 0.2) is 0 Å². The summed E-state index contributed by atoms with van der Waals surface area (Å²) in [7, 11) is 1.58. The molecule has 0 aliphatic heterocycles. The smallest absolute Gasteiger partial charge is 0.341 e. The number of carbonyl (C=O) groups excluding carboxylic acids is 2. The summed E-state index contributed by atoms with van der Waals surface area (Å²) in [4.78, 5) is 26.4. The van der Waals surface area contributed by atoms with E-state index >= 15 is 0 Å². The Morgan fingerprint density at radius 2 is 1.84 bits per heavy atom. The number of hydrogen-bond donors (Lipinski definition) is 1. The molecule has 0 aliphatic rings. The van der Waals surface area contributed by atoms with E-state index in [1.807, 2.05) is 50.2 Å². The molecule has 1 amide bonds. The number of anilines is 1. The average molecular weight is 533 g/mol. The number of thiophene rings is 1. The molecule has 0 fully saturated rings. The summed E-state index contributed by atoms with van der Waals surface area (Å²) in [6.45, 7) is 8.28. The molecule has 0 atom stereocenters. The molecule has 1 aromatic heterocycles. The average Bonchev–Trinajstić information content (AvgIpc) is 3.35. The van der Waals surface area contributed by atoms with Gasteiger partial charge in [0, 0.05) is 10.4 Å². The molecule has 0 saturated heterocycles. The number of nitrogens with zero attached hydrogens (tertiary/aromatic N) is 1. The van der Waals surface area contributed by atoms with Gasteiger partial charge in [0.2, 0.25) is 0 Å². The second-order valence-corrected chi connectivity index (χ2v) is 9.83. The van der Waals surface area contributed by atoms with E-state index in [1.54, 1.807) is 32.2 Å². The first-order valence-corrected chi connectivity index (χ1v) is 13.2. The zero-order valence-electron chi connectivity index (χ0n) is 22.3.